The molecule has 0 saturated carbocycles. The number of hydrogen-bond acceptors (Lipinski definition) is 5. The topological polar surface area (TPSA) is 68.0 Å². The van der Waals surface area contributed by atoms with E-state index in [-0.39, 0.29) is 5.91 Å². The average molecular weight is 259 g/mol. The van der Waals surface area contributed by atoms with E-state index < -0.39 is 0 Å². The molecule has 3 N–H and O–H groups in total. The smallest absolute Gasteiger partial charge is 0.263 e. The number of anilines is 1. The van der Waals surface area contributed by atoms with Crippen molar-refractivity contribution in [3.8, 4) is 0 Å². The number of nitrogens with one attached hydrogen (secondary N) is 1. The maximum Gasteiger partial charge on any atom is 0.263 e. The third-order valence-electron chi connectivity index (χ3n) is 2.08. The summed E-state index contributed by atoms with van der Waals surface area (Å²) >= 11 is 3.02. The quantitative estimate of drug-likeness (QED) is 0.845. The van der Waals surface area contributed by atoms with Gasteiger partial charge < -0.3 is 11.1 Å². The fraction of sp³-hybridized carbons (Fsp3) is 0.600. The molecule has 0 aromatic carbocycles. The van der Waals surface area contributed by atoms with E-state index in [2.05, 4.69) is 23.5 Å². The van der Waals surface area contributed by atoms with E-state index in [1.165, 1.54) is 11.3 Å². The van der Waals surface area contributed by atoms with Gasteiger partial charge in [-0.15, -0.1) is 0 Å². The molecular formula is C10H17N3OS2. The Kier molecular flexibility index (Phi) is 5.08. The number of carbonyl (C=O) groups is 1. The predicted octanol–water partition coefficient (Wildman–Crippen LogP) is 1.76. The largest absolute Gasteiger partial charge is 0.375 e. The highest BCUT2D eigenvalue weighted by molar-refractivity contribution is 7.98. The number of nitrogens with two attached hydrogens (primary N) is 1. The van der Waals surface area contributed by atoms with Gasteiger partial charge in [0.1, 0.15) is 4.88 Å². The molecule has 1 atom stereocenters. The van der Waals surface area contributed by atoms with E-state index in [0.717, 1.165) is 5.75 Å². The Morgan fingerprint density at radius 2 is 2.38 bits per heavy atom. The summed E-state index contributed by atoms with van der Waals surface area (Å²) in [7, 11) is 0. The number of nitrogen functional groups attached to an aromatic ring is 1. The van der Waals surface area contributed by atoms with Crippen molar-refractivity contribution in [2.45, 2.75) is 13.8 Å². The number of thioether (sulfide) groups is 1. The van der Waals surface area contributed by atoms with E-state index >= 15 is 0 Å². The molecule has 4 nitrogen and oxygen atoms in total. The van der Waals surface area contributed by atoms with Gasteiger partial charge in [0.15, 0.2) is 5.13 Å². The summed E-state index contributed by atoms with van der Waals surface area (Å²) in [5, 5.41) is 3.34. The highest BCUT2D eigenvalue weighted by Gasteiger charge is 2.14. The third kappa shape index (κ3) is 3.68. The number of thiazole rings is 1. The molecule has 0 fully saturated rings. The van der Waals surface area contributed by atoms with Gasteiger partial charge in [-0.2, -0.15) is 11.8 Å². The molecule has 0 saturated heterocycles. The fourth-order valence-corrected chi connectivity index (χ4v) is 2.76. The van der Waals surface area contributed by atoms with Crippen LogP contribution in [-0.4, -0.2) is 29.4 Å². The second-order valence-corrected chi connectivity index (χ2v) is 5.68. The molecule has 0 spiro atoms. The number of aryl methyl sites for hydroxylation is 1. The normalized spacial score (nSPS) is 12.4. The lowest BCUT2D eigenvalue weighted by Gasteiger charge is -2.10. The van der Waals surface area contributed by atoms with Crippen molar-refractivity contribution in [3.05, 3.63) is 10.6 Å². The van der Waals surface area contributed by atoms with Gasteiger partial charge in [0.2, 0.25) is 0 Å². The maximum atomic E-state index is 11.8. The van der Waals surface area contributed by atoms with E-state index in [1.807, 2.05) is 0 Å². The molecule has 0 aliphatic rings. The van der Waals surface area contributed by atoms with Crippen molar-refractivity contribution in [1.29, 1.82) is 0 Å². The minimum absolute atomic E-state index is 0.0698. The van der Waals surface area contributed by atoms with Gasteiger partial charge in [-0.05, 0) is 24.9 Å². The molecular weight excluding hydrogens is 242 g/mol. The predicted molar refractivity (Wildman–Crippen MR) is 71.1 cm³/mol. The first-order chi connectivity index (χ1) is 7.54. The third-order valence-corrected chi connectivity index (χ3v) is 3.97. The van der Waals surface area contributed by atoms with Crippen LogP contribution in [0.2, 0.25) is 0 Å². The molecule has 0 aliphatic carbocycles. The summed E-state index contributed by atoms with van der Waals surface area (Å²) in [5.74, 6) is 1.45. The van der Waals surface area contributed by atoms with Crippen LogP contribution in [0.25, 0.3) is 0 Å². The van der Waals surface area contributed by atoms with Gasteiger partial charge >= 0.3 is 0 Å². The molecule has 1 unspecified atom stereocenters. The number of hydrogen-bond donors (Lipinski definition) is 2. The fourth-order valence-electron chi connectivity index (χ4n) is 1.32. The lowest BCUT2D eigenvalue weighted by Crippen LogP contribution is -2.28. The molecule has 6 heteroatoms. The molecule has 90 valence electrons. The standard InChI is InChI=1S/C10H17N3OS2/c1-6(5-15-3)4-12-9(14)8-7(2)13-10(11)16-8/h6H,4-5H2,1-3H3,(H2,11,13)(H,12,14). The van der Waals surface area contributed by atoms with E-state index in [4.69, 9.17) is 5.73 Å². The molecule has 1 amide bonds. The van der Waals surface area contributed by atoms with Crippen LogP contribution in [0, 0.1) is 12.8 Å². The van der Waals surface area contributed by atoms with Crippen molar-refractivity contribution >= 4 is 34.1 Å². The summed E-state index contributed by atoms with van der Waals surface area (Å²) in [6.07, 6.45) is 2.06. The SMILES string of the molecule is CSCC(C)CNC(=O)c1sc(N)nc1C. The van der Waals surface area contributed by atoms with Crippen LogP contribution < -0.4 is 11.1 Å². The van der Waals surface area contributed by atoms with E-state index in [1.54, 1.807) is 18.7 Å². The molecule has 1 aromatic rings. The van der Waals surface area contributed by atoms with E-state index in [9.17, 15) is 4.79 Å². The Labute approximate surface area is 104 Å². The maximum absolute atomic E-state index is 11.8. The van der Waals surface area contributed by atoms with Crippen LogP contribution in [0.1, 0.15) is 22.3 Å². The van der Waals surface area contributed by atoms with Crippen molar-refractivity contribution < 1.29 is 4.79 Å². The first-order valence-electron chi connectivity index (χ1n) is 5.04. The number of amides is 1. The molecule has 0 aliphatic heterocycles. The van der Waals surface area contributed by atoms with E-state index in [0.29, 0.717) is 28.2 Å². The molecule has 0 bridgehead atoms. The van der Waals surface area contributed by atoms with Gasteiger partial charge in [-0.25, -0.2) is 4.98 Å². The summed E-state index contributed by atoms with van der Waals surface area (Å²) in [6, 6.07) is 0. The minimum Gasteiger partial charge on any atom is -0.375 e. The van der Waals surface area contributed by atoms with Gasteiger partial charge in [0.05, 0.1) is 5.69 Å². The minimum atomic E-state index is -0.0698. The van der Waals surface area contributed by atoms with Gasteiger partial charge in [-0.3, -0.25) is 4.79 Å². The van der Waals surface area contributed by atoms with Crippen LogP contribution >= 0.6 is 23.1 Å². The highest BCUT2D eigenvalue weighted by Crippen LogP contribution is 2.19. The highest BCUT2D eigenvalue weighted by atomic mass is 32.2. The molecule has 16 heavy (non-hydrogen) atoms. The van der Waals surface area contributed by atoms with Crippen molar-refractivity contribution in [3.63, 3.8) is 0 Å². The Bertz CT molecular complexity index is 365. The van der Waals surface area contributed by atoms with Crippen molar-refractivity contribution in [2.24, 2.45) is 5.92 Å². The summed E-state index contributed by atoms with van der Waals surface area (Å²) < 4.78 is 0. The van der Waals surface area contributed by atoms with Crippen LogP contribution in [0.4, 0.5) is 5.13 Å². The Morgan fingerprint density at radius 1 is 1.69 bits per heavy atom. The summed E-state index contributed by atoms with van der Waals surface area (Å²) in [6.45, 7) is 4.61. The molecule has 1 aromatic heterocycles. The Hall–Kier alpha value is -0.750. The second-order valence-electron chi connectivity index (χ2n) is 3.74. The number of rotatable bonds is 5. The van der Waals surface area contributed by atoms with Gasteiger partial charge in [-0.1, -0.05) is 18.3 Å². The van der Waals surface area contributed by atoms with Gasteiger partial charge in [0.25, 0.3) is 5.91 Å². The van der Waals surface area contributed by atoms with Crippen LogP contribution in [0.15, 0.2) is 0 Å². The average Bonchev–Trinajstić information content (AvgIpc) is 2.55. The molecule has 0 radical (unpaired) electrons. The van der Waals surface area contributed by atoms with Crippen LogP contribution in [0.3, 0.4) is 0 Å². The van der Waals surface area contributed by atoms with Crippen molar-refractivity contribution in [2.75, 3.05) is 24.3 Å². The molecule has 1 rings (SSSR count). The number of aromatic nitrogens is 1. The summed E-state index contributed by atoms with van der Waals surface area (Å²) in [5.41, 5.74) is 6.25. The van der Waals surface area contributed by atoms with Crippen molar-refractivity contribution in [1.82, 2.24) is 10.3 Å². The monoisotopic (exact) mass is 259 g/mol. The lowest BCUT2D eigenvalue weighted by molar-refractivity contribution is 0.0952. The summed E-state index contributed by atoms with van der Waals surface area (Å²) in [4.78, 5) is 16.4. The zero-order valence-corrected chi connectivity index (χ0v) is 11.4. The van der Waals surface area contributed by atoms with Crippen LogP contribution in [0.5, 0.6) is 0 Å². The first kappa shape index (κ1) is 13.3. The second kappa shape index (κ2) is 6.10. The first-order valence-corrected chi connectivity index (χ1v) is 7.25. The lowest BCUT2D eigenvalue weighted by atomic mass is 10.2. The zero-order valence-electron chi connectivity index (χ0n) is 9.74. The molecule has 1 heterocycles. The van der Waals surface area contributed by atoms with Crippen LogP contribution in [-0.2, 0) is 0 Å². The Morgan fingerprint density at radius 3 is 2.88 bits per heavy atom. The number of carbonyl (C=O) groups excluding carboxylic acids is 1. The number of nitrogens with zero attached hydrogens (tertiary/aromatic N) is 1. The zero-order chi connectivity index (χ0) is 12.1. The van der Waals surface area contributed by atoms with Gasteiger partial charge in [0, 0.05) is 6.54 Å². The Balaban J connectivity index is 2.50.